The van der Waals surface area contributed by atoms with Gasteiger partial charge >= 0.3 is 0 Å². The predicted octanol–water partition coefficient (Wildman–Crippen LogP) is -1.03. The van der Waals surface area contributed by atoms with E-state index in [0.29, 0.717) is 0 Å². The van der Waals surface area contributed by atoms with Gasteiger partial charge in [0.15, 0.2) is 0 Å². The molecule has 1 amide bonds. The van der Waals surface area contributed by atoms with E-state index in [4.69, 9.17) is 10.9 Å². The van der Waals surface area contributed by atoms with E-state index in [-0.39, 0.29) is 11.3 Å². The molecule has 0 spiro atoms. The van der Waals surface area contributed by atoms with Crippen LogP contribution in [-0.4, -0.2) is 19.3 Å². The monoisotopic (exact) mass is 215 g/mol. The summed E-state index contributed by atoms with van der Waals surface area (Å²) < 4.78 is 21.5. The van der Waals surface area contributed by atoms with Crippen molar-refractivity contribution in [3.8, 4) is 0 Å². The number of sulfonamides is 1. The molecule has 0 bridgehead atoms. The van der Waals surface area contributed by atoms with Crippen LogP contribution >= 0.6 is 0 Å². The van der Waals surface area contributed by atoms with Crippen molar-refractivity contribution in [1.82, 2.24) is 4.98 Å². The fourth-order valence-electron chi connectivity index (χ4n) is 0.968. The van der Waals surface area contributed by atoms with Crippen molar-refractivity contribution in [2.75, 3.05) is 0 Å². The molecule has 7 heteroatoms. The first-order valence-electron chi connectivity index (χ1n) is 3.64. The number of carbonyl (C=O) groups excluding carboxylic acids is 1. The largest absolute Gasteiger partial charge is 0.366 e. The Bertz CT molecular complexity index is 455. The van der Waals surface area contributed by atoms with Crippen LogP contribution in [0.3, 0.4) is 0 Å². The third kappa shape index (κ3) is 2.79. The normalized spacial score (nSPS) is 11.2. The lowest BCUT2D eigenvalue weighted by molar-refractivity contribution is 0.0999. The molecule has 1 aromatic heterocycles. The molecule has 6 nitrogen and oxygen atoms in total. The Morgan fingerprint density at radius 1 is 1.50 bits per heavy atom. The number of nitrogens with zero attached hydrogens (tertiary/aromatic N) is 1. The summed E-state index contributed by atoms with van der Waals surface area (Å²) in [4.78, 5) is 14.6. The van der Waals surface area contributed by atoms with Gasteiger partial charge in [0, 0.05) is 6.20 Å². The molecule has 0 radical (unpaired) electrons. The molecule has 0 aromatic carbocycles. The van der Waals surface area contributed by atoms with Crippen molar-refractivity contribution in [3.63, 3.8) is 0 Å². The van der Waals surface area contributed by atoms with Crippen LogP contribution in [0.5, 0.6) is 0 Å². The molecule has 0 aliphatic carbocycles. The fraction of sp³-hybridized carbons (Fsp3) is 0.143. The SMILES string of the molecule is NC(=O)c1cccnc1CS(N)(=O)=O. The Morgan fingerprint density at radius 3 is 2.64 bits per heavy atom. The van der Waals surface area contributed by atoms with Gasteiger partial charge in [0.05, 0.1) is 11.3 Å². The van der Waals surface area contributed by atoms with Crippen molar-refractivity contribution in [1.29, 1.82) is 0 Å². The molecule has 76 valence electrons. The zero-order chi connectivity index (χ0) is 10.8. The van der Waals surface area contributed by atoms with Crippen molar-refractivity contribution in [2.45, 2.75) is 5.75 Å². The molecule has 0 unspecified atom stereocenters. The first-order valence-corrected chi connectivity index (χ1v) is 5.36. The van der Waals surface area contributed by atoms with Crippen LogP contribution in [0.15, 0.2) is 18.3 Å². The zero-order valence-corrected chi connectivity index (χ0v) is 7.99. The molecule has 0 saturated heterocycles. The van der Waals surface area contributed by atoms with E-state index in [1.807, 2.05) is 0 Å². The highest BCUT2D eigenvalue weighted by atomic mass is 32.2. The minimum Gasteiger partial charge on any atom is -0.366 e. The van der Waals surface area contributed by atoms with Crippen LogP contribution in [0.1, 0.15) is 16.1 Å². The molecule has 1 heterocycles. The second-order valence-corrected chi connectivity index (χ2v) is 4.28. The third-order valence-electron chi connectivity index (χ3n) is 1.49. The standard InChI is InChI=1S/C7H9N3O3S/c8-7(11)5-2-1-3-10-6(5)4-14(9,12)13/h1-3H,4H2,(H2,8,11)(H2,9,12,13). The minimum absolute atomic E-state index is 0.0709. The molecular weight excluding hydrogens is 206 g/mol. The number of hydrogen-bond donors (Lipinski definition) is 2. The highest BCUT2D eigenvalue weighted by molar-refractivity contribution is 7.88. The van der Waals surface area contributed by atoms with Crippen LogP contribution in [0, 0.1) is 0 Å². The second kappa shape index (κ2) is 3.72. The molecular formula is C7H9N3O3S. The van der Waals surface area contributed by atoms with Gasteiger partial charge in [-0.2, -0.15) is 0 Å². The minimum atomic E-state index is -3.70. The van der Waals surface area contributed by atoms with Crippen molar-refractivity contribution in [3.05, 3.63) is 29.6 Å². The van der Waals surface area contributed by atoms with E-state index in [0.717, 1.165) is 0 Å². The van der Waals surface area contributed by atoms with E-state index in [1.165, 1.54) is 18.3 Å². The number of carbonyl (C=O) groups is 1. The number of primary amides is 1. The Balaban J connectivity index is 3.15. The molecule has 0 fully saturated rings. The van der Waals surface area contributed by atoms with Crippen molar-refractivity contribution in [2.24, 2.45) is 10.9 Å². The van der Waals surface area contributed by atoms with Crippen LogP contribution in [0.2, 0.25) is 0 Å². The van der Waals surface area contributed by atoms with Crippen molar-refractivity contribution >= 4 is 15.9 Å². The molecule has 0 saturated carbocycles. The summed E-state index contributed by atoms with van der Waals surface area (Å²) in [5.74, 6) is -1.22. The lowest BCUT2D eigenvalue weighted by Crippen LogP contribution is -2.20. The predicted molar refractivity (Wildman–Crippen MR) is 49.6 cm³/mol. The van der Waals surface area contributed by atoms with E-state index >= 15 is 0 Å². The van der Waals surface area contributed by atoms with Gasteiger partial charge in [0.1, 0.15) is 5.75 Å². The van der Waals surface area contributed by atoms with Crippen molar-refractivity contribution < 1.29 is 13.2 Å². The van der Waals surface area contributed by atoms with E-state index in [9.17, 15) is 13.2 Å². The maximum absolute atomic E-state index is 10.9. The first kappa shape index (κ1) is 10.6. The first-order chi connectivity index (χ1) is 6.40. The van der Waals surface area contributed by atoms with Gasteiger partial charge in [-0.3, -0.25) is 9.78 Å². The maximum atomic E-state index is 10.9. The van der Waals surface area contributed by atoms with Gasteiger partial charge in [-0.05, 0) is 12.1 Å². The molecule has 0 aliphatic rings. The Kier molecular flexibility index (Phi) is 2.82. The summed E-state index contributed by atoms with van der Waals surface area (Å²) in [7, 11) is -3.70. The topological polar surface area (TPSA) is 116 Å². The van der Waals surface area contributed by atoms with Crippen LogP contribution in [0.25, 0.3) is 0 Å². The Morgan fingerprint density at radius 2 is 2.14 bits per heavy atom. The molecule has 4 N–H and O–H groups in total. The van der Waals surface area contributed by atoms with Crippen LogP contribution in [0.4, 0.5) is 0 Å². The summed E-state index contributed by atoms with van der Waals surface area (Å²) in [6.45, 7) is 0. The Labute approximate surface area is 81.0 Å². The molecule has 0 atom stereocenters. The smallest absolute Gasteiger partial charge is 0.250 e. The molecule has 1 rings (SSSR count). The lowest BCUT2D eigenvalue weighted by atomic mass is 10.2. The van der Waals surface area contributed by atoms with Gasteiger partial charge < -0.3 is 5.73 Å². The summed E-state index contributed by atoms with van der Waals surface area (Å²) in [6, 6.07) is 2.89. The van der Waals surface area contributed by atoms with Crippen LogP contribution < -0.4 is 10.9 Å². The lowest BCUT2D eigenvalue weighted by Gasteiger charge is -2.02. The number of aromatic nitrogens is 1. The van der Waals surface area contributed by atoms with Gasteiger partial charge in [0.2, 0.25) is 10.0 Å². The van der Waals surface area contributed by atoms with Gasteiger partial charge in [-0.25, -0.2) is 13.6 Å². The quantitative estimate of drug-likeness (QED) is 0.670. The number of nitrogens with two attached hydrogens (primary N) is 2. The number of hydrogen-bond acceptors (Lipinski definition) is 4. The van der Waals surface area contributed by atoms with E-state index in [2.05, 4.69) is 4.98 Å². The zero-order valence-electron chi connectivity index (χ0n) is 7.17. The number of amides is 1. The van der Waals surface area contributed by atoms with Gasteiger partial charge in [0.25, 0.3) is 5.91 Å². The maximum Gasteiger partial charge on any atom is 0.250 e. The molecule has 14 heavy (non-hydrogen) atoms. The van der Waals surface area contributed by atoms with Gasteiger partial charge in [-0.15, -0.1) is 0 Å². The summed E-state index contributed by atoms with van der Waals surface area (Å²) in [6.07, 6.45) is 1.37. The Hall–Kier alpha value is -1.47. The fourth-order valence-corrected chi connectivity index (χ4v) is 1.58. The summed E-state index contributed by atoms with van der Waals surface area (Å²) in [5, 5.41) is 4.82. The average molecular weight is 215 g/mol. The number of rotatable bonds is 3. The highest BCUT2D eigenvalue weighted by Gasteiger charge is 2.13. The molecule has 1 aromatic rings. The highest BCUT2D eigenvalue weighted by Crippen LogP contribution is 2.06. The average Bonchev–Trinajstić information content (AvgIpc) is 2.01. The summed E-state index contributed by atoms with van der Waals surface area (Å²) in [5.41, 5.74) is 5.16. The summed E-state index contributed by atoms with van der Waals surface area (Å²) >= 11 is 0. The van der Waals surface area contributed by atoms with E-state index in [1.54, 1.807) is 0 Å². The molecule has 0 aliphatic heterocycles. The second-order valence-electron chi connectivity index (χ2n) is 2.67. The number of pyridine rings is 1. The van der Waals surface area contributed by atoms with E-state index < -0.39 is 21.7 Å². The van der Waals surface area contributed by atoms with Crippen LogP contribution in [-0.2, 0) is 15.8 Å². The van der Waals surface area contributed by atoms with Gasteiger partial charge in [-0.1, -0.05) is 0 Å². The third-order valence-corrected chi connectivity index (χ3v) is 2.17. The number of primary sulfonamides is 1.